The Bertz CT molecular complexity index is 680. The molecule has 1 aliphatic heterocycles. The molecule has 0 unspecified atom stereocenters. The van der Waals surface area contributed by atoms with Gasteiger partial charge in [-0.05, 0) is 18.1 Å². The van der Waals surface area contributed by atoms with E-state index in [4.69, 9.17) is 0 Å². The average molecular weight is 294 g/mol. The van der Waals surface area contributed by atoms with E-state index in [2.05, 4.69) is 34.9 Å². The van der Waals surface area contributed by atoms with E-state index in [-0.39, 0.29) is 11.9 Å². The first-order valence-electron chi connectivity index (χ1n) is 7.37. The largest absolute Gasteiger partial charge is 0.328 e. The molecule has 0 bridgehead atoms. The average Bonchev–Trinajstić information content (AvgIpc) is 3.05. The first-order chi connectivity index (χ1) is 10.7. The summed E-state index contributed by atoms with van der Waals surface area (Å²) in [7, 11) is 0. The third-order valence-electron chi connectivity index (χ3n) is 3.76. The van der Waals surface area contributed by atoms with Crippen molar-refractivity contribution in [2.24, 2.45) is 5.92 Å². The number of hydrogen-bond acceptors (Lipinski definition) is 4. The Balaban J connectivity index is 1.80. The maximum Gasteiger partial charge on any atom is 0.257 e. The Morgan fingerprint density at radius 3 is 2.68 bits per heavy atom. The van der Waals surface area contributed by atoms with Crippen LogP contribution in [0.3, 0.4) is 0 Å². The van der Waals surface area contributed by atoms with Crippen molar-refractivity contribution in [3.05, 3.63) is 54.6 Å². The van der Waals surface area contributed by atoms with Crippen molar-refractivity contribution in [1.82, 2.24) is 19.9 Å². The monoisotopic (exact) mass is 294 g/mol. The first-order valence-corrected chi connectivity index (χ1v) is 7.37. The maximum absolute atomic E-state index is 12.6. The maximum atomic E-state index is 12.6. The predicted molar refractivity (Wildman–Crippen MR) is 84.1 cm³/mol. The molecular weight excluding hydrogens is 276 g/mol. The zero-order valence-electron chi connectivity index (χ0n) is 12.7. The van der Waals surface area contributed by atoms with Crippen molar-refractivity contribution >= 4 is 5.91 Å². The summed E-state index contributed by atoms with van der Waals surface area (Å²) < 4.78 is 0. The highest BCUT2D eigenvalue weighted by Gasteiger charge is 2.28. The number of rotatable bonds is 3. The summed E-state index contributed by atoms with van der Waals surface area (Å²) in [5.74, 6) is 0.935. The van der Waals surface area contributed by atoms with Crippen molar-refractivity contribution in [2.75, 3.05) is 6.54 Å². The molecule has 0 saturated heterocycles. The van der Waals surface area contributed by atoms with Gasteiger partial charge in [-0.3, -0.25) is 9.78 Å². The Kier molecular flexibility index (Phi) is 3.96. The molecule has 3 rings (SSSR count). The van der Waals surface area contributed by atoms with E-state index in [9.17, 15) is 4.79 Å². The normalized spacial score (nSPS) is 17.2. The molecule has 0 N–H and O–H groups in total. The van der Waals surface area contributed by atoms with Crippen LogP contribution in [0.25, 0.3) is 11.4 Å². The van der Waals surface area contributed by atoms with Crippen molar-refractivity contribution in [2.45, 2.75) is 19.9 Å². The first kappa shape index (κ1) is 14.4. The summed E-state index contributed by atoms with van der Waals surface area (Å²) in [6.07, 6.45) is 10.7. The van der Waals surface area contributed by atoms with Crippen LogP contribution in [-0.4, -0.2) is 38.3 Å². The number of pyridine rings is 1. The van der Waals surface area contributed by atoms with Gasteiger partial charge in [-0.15, -0.1) is 0 Å². The molecule has 5 nitrogen and oxygen atoms in total. The Morgan fingerprint density at radius 1 is 1.27 bits per heavy atom. The zero-order valence-corrected chi connectivity index (χ0v) is 12.7. The quantitative estimate of drug-likeness (QED) is 0.816. The van der Waals surface area contributed by atoms with Crippen molar-refractivity contribution in [3.63, 3.8) is 0 Å². The minimum absolute atomic E-state index is 0.0264. The Hall–Kier alpha value is -2.56. The van der Waals surface area contributed by atoms with Crippen LogP contribution >= 0.6 is 0 Å². The highest BCUT2D eigenvalue weighted by molar-refractivity contribution is 5.94. The predicted octanol–water partition coefficient (Wildman–Crippen LogP) is 2.58. The van der Waals surface area contributed by atoms with Gasteiger partial charge in [0.05, 0.1) is 11.6 Å². The van der Waals surface area contributed by atoms with Crippen molar-refractivity contribution in [3.8, 4) is 11.4 Å². The number of hydrogen-bond donors (Lipinski definition) is 0. The lowest BCUT2D eigenvalue weighted by molar-refractivity contribution is 0.0719. The minimum Gasteiger partial charge on any atom is -0.328 e. The van der Waals surface area contributed by atoms with Gasteiger partial charge in [0.2, 0.25) is 0 Å². The summed E-state index contributed by atoms with van der Waals surface area (Å²) >= 11 is 0. The van der Waals surface area contributed by atoms with Gasteiger partial charge in [0.1, 0.15) is 0 Å². The third kappa shape index (κ3) is 2.74. The summed E-state index contributed by atoms with van der Waals surface area (Å²) in [4.78, 5) is 27.1. The molecule has 3 heterocycles. The van der Waals surface area contributed by atoms with Gasteiger partial charge in [0.15, 0.2) is 5.82 Å². The second-order valence-corrected chi connectivity index (χ2v) is 5.66. The van der Waals surface area contributed by atoms with Gasteiger partial charge in [0, 0.05) is 36.9 Å². The van der Waals surface area contributed by atoms with E-state index in [1.54, 1.807) is 24.8 Å². The molecule has 1 amide bonds. The fourth-order valence-electron chi connectivity index (χ4n) is 2.59. The van der Waals surface area contributed by atoms with Crippen LogP contribution in [0.2, 0.25) is 0 Å². The van der Waals surface area contributed by atoms with Gasteiger partial charge < -0.3 is 4.90 Å². The van der Waals surface area contributed by atoms with Crippen LogP contribution in [-0.2, 0) is 0 Å². The summed E-state index contributed by atoms with van der Waals surface area (Å²) in [5.41, 5.74) is 1.35. The van der Waals surface area contributed by atoms with Gasteiger partial charge in [-0.1, -0.05) is 26.0 Å². The number of carbonyl (C=O) groups is 1. The third-order valence-corrected chi connectivity index (χ3v) is 3.76. The Morgan fingerprint density at radius 2 is 2.05 bits per heavy atom. The number of amides is 1. The fourth-order valence-corrected chi connectivity index (χ4v) is 2.59. The van der Waals surface area contributed by atoms with Crippen molar-refractivity contribution < 1.29 is 4.79 Å². The lowest BCUT2D eigenvalue weighted by Crippen LogP contribution is -2.39. The molecule has 2 aromatic heterocycles. The molecule has 2 aromatic rings. The number of nitrogens with zero attached hydrogens (tertiary/aromatic N) is 4. The smallest absolute Gasteiger partial charge is 0.257 e. The molecule has 0 aliphatic carbocycles. The van der Waals surface area contributed by atoms with E-state index in [1.807, 2.05) is 23.1 Å². The molecule has 0 spiro atoms. The van der Waals surface area contributed by atoms with Crippen LogP contribution in [0.4, 0.5) is 0 Å². The van der Waals surface area contributed by atoms with Crippen molar-refractivity contribution in [1.29, 1.82) is 0 Å². The second kappa shape index (κ2) is 6.05. The number of carbonyl (C=O) groups excluding carboxylic acids is 1. The van der Waals surface area contributed by atoms with Crippen LogP contribution in [0.15, 0.2) is 49.1 Å². The molecule has 0 saturated carbocycles. The molecule has 1 atom stereocenters. The molecule has 0 aromatic carbocycles. The fraction of sp³-hybridized carbons (Fsp3) is 0.294. The van der Waals surface area contributed by atoms with E-state index in [1.165, 1.54) is 0 Å². The molecule has 112 valence electrons. The van der Waals surface area contributed by atoms with Gasteiger partial charge in [-0.25, -0.2) is 9.97 Å². The van der Waals surface area contributed by atoms with E-state index < -0.39 is 0 Å². The van der Waals surface area contributed by atoms with Crippen LogP contribution in [0, 0.1) is 5.92 Å². The topological polar surface area (TPSA) is 59.0 Å². The van der Waals surface area contributed by atoms with Gasteiger partial charge in [-0.2, -0.15) is 0 Å². The lowest BCUT2D eigenvalue weighted by atomic mass is 10.0. The van der Waals surface area contributed by atoms with Gasteiger partial charge in [0.25, 0.3) is 5.91 Å². The Labute approximate surface area is 129 Å². The summed E-state index contributed by atoms with van der Waals surface area (Å²) in [6, 6.07) is 3.87. The zero-order chi connectivity index (χ0) is 15.5. The van der Waals surface area contributed by atoms with Crippen LogP contribution in [0.1, 0.15) is 24.2 Å². The van der Waals surface area contributed by atoms with E-state index >= 15 is 0 Å². The van der Waals surface area contributed by atoms with E-state index in [0.29, 0.717) is 23.9 Å². The highest BCUT2D eigenvalue weighted by atomic mass is 16.2. The molecule has 0 radical (unpaired) electrons. The standard InChI is InChI=1S/C17H18N4O/c1-12(2)15-6-4-8-21(15)17(22)14-10-19-16(20-11-14)13-5-3-7-18-9-13/h3-7,9-12,15H,8H2,1-2H3/t15-/m0/s1. The van der Waals surface area contributed by atoms with Crippen LogP contribution in [0.5, 0.6) is 0 Å². The lowest BCUT2D eigenvalue weighted by Gasteiger charge is -2.27. The molecular formula is C17H18N4O. The molecule has 22 heavy (non-hydrogen) atoms. The molecule has 1 aliphatic rings. The van der Waals surface area contributed by atoms with E-state index in [0.717, 1.165) is 5.56 Å². The SMILES string of the molecule is CC(C)[C@@H]1C=CCN1C(=O)c1cnc(-c2cccnc2)nc1. The molecule has 0 fully saturated rings. The second-order valence-electron chi connectivity index (χ2n) is 5.66. The molecule has 5 heteroatoms. The summed E-state index contributed by atoms with van der Waals surface area (Å²) in [6.45, 7) is 4.87. The minimum atomic E-state index is -0.0264. The highest BCUT2D eigenvalue weighted by Crippen LogP contribution is 2.20. The van der Waals surface area contributed by atoms with Gasteiger partial charge >= 0.3 is 0 Å². The summed E-state index contributed by atoms with van der Waals surface area (Å²) in [5, 5.41) is 0. The number of aromatic nitrogens is 3. The van der Waals surface area contributed by atoms with Crippen LogP contribution < -0.4 is 0 Å².